The highest BCUT2D eigenvalue weighted by molar-refractivity contribution is 9.10. The molecular weight excluding hydrogens is 358 g/mol. The normalized spacial score (nSPS) is 15.0. The standard InChI is InChI=1S/C15H17BrClNO3/c1-21-14(19)9-18(13-4-2-3-5-13)15(20)10-6-11(16)8-12(17)7-10/h6-8,13H,2-5,9H2,1H3. The van der Waals surface area contributed by atoms with Crippen LogP contribution >= 0.6 is 27.5 Å². The van der Waals surface area contributed by atoms with Gasteiger partial charge in [0.05, 0.1) is 7.11 Å². The molecule has 21 heavy (non-hydrogen) atoms. The van der Waals surface area contributed by atoms with Crippen molar-refractivity contribution in [1.82, 2.24) is 4.90 Å². The van der Waals surface area contributed by atoms with E-state index in [0.29, 0.717) is 10.6 Å². The number of halogens is 2. The van der Waals surface area contributed by atoms with Gasteiger partial charge in [-0.3, -0.25) is 9.59 Å². The van der Waals surface area contributed by atoms with Gasteiger partial charge in [0, 0.05) is 21.1 Å². The van der Waals surface area contributed by atoms with Crippen LogP contribution < -0.4 is 0 Å². The van der Waals surface area contributed by atoms with Crippen molar-refractivity contribution >= 4 is 39.4 Å². The summed E-state index contributed by atoms with van der Waals surface area (Å²) in [7, 11) is 1.33. The molecule has 0 N–H and O–H groups in total. The molecule has 1 saturated carbocycles. The molecule has 0 atom stereocenters. The van der Waals surface area contributed by atoms with Crippen LogP contribution in [0.3, 0.4) is 0 Å². The summed E-state index contributed by atoms with van der Waals surface area (Å²) >= 11 is 9.33. The van der Waals surface area contributed by atoms with Crippen molar-refractivity contribution < 1.29 is 14.3 Å². The molecule has 0 radical (unpaired) electrons. The summed E-state index contributed by atoms with van der Waals surface area (Å²) in [4.78, 5) is 25.9. The SMILES string of the molecule is COC(=O)CN(C(=O)c1cc(Cl)cc(Br)c1)C1CCCC1. The second-order valence-corrected chi connectivity index (χ2v) is 6.46. The molecule has 0 aliphatic heterocycles. The first-order chi connectivity index (χ1) is 10.0. The van der Waals surface area contributed by atoms with E-state index in [-0.39, 0.29) is 18.5 Å². The van der Waals surface area contributed by atoms with E-state index in [4.69, 9.17) is 16.3 Å². The maximum atomic E-state index is 12.7. The first kappa shape index (κ1) is 16.3. The number of hydrogen-bond donors (Lipinski definition) is 0. The van der Waals surface area contributed by atoms with E-state index in [9.17, 15) is 9.59 Å². The van der Waals surface area contributed by atoms with Crippen LogP contribution in [0.5, 0.6) is 0 Å². The summed E-state index contributed by atoms with van der Waals surface area (Å²) in [6, 6.07) is 5.15. The summed E-state index contributed by atoms with van der Waals surface area (Å²) in [6.07, 6.45) is 4.00. The number of esters is 1. The second kappa shape index (κ2) is 7.27. The van der Waals surface area contributed by atoms with E-state index < -0.39 is 5.97 Å². The number of nitrogens with zero attached hydrogens (tertiary/aromatic N) is 1. The van der Waals surface area contributed by atoms with Gasteiger partial charge in [-0.2, -0.15) is 0 Å². The van der Waals surface area contributed by atoms with Gasteiger partial charge < -0.3 is 9.64 Å². The lowest BCUT2D eigenvalue weighted by Gasteiger charge is -2.28. The molecule has 1 aromatic carbocycles. The second-order valence-electron chi connectivity index (χ2n) is 5.11. The van der Waals surface area contributed by atoms with Crippen LogP contribution in [0.25, 0.3) is 0 Å². The number of amides is 1. The smallest absolute Gasteiger partial charge is 0.325 e. The van der Waals surface area contributed by atoms with Crippen LogP contribution in [0, 0.1) is 0 Å². The molecule has 2 rings (SSSR count). The van der Waals surface area contributed by atoms with Gasteiger partial charge in [0.1, 0.15) is 6.54 Å². The average molecular weight is 375 g/mol. The molecule has 0 aromatic heterocycles. The molecule has 0 saturated heterocycles. The number of carbonyl (C=O) groups excluding carboxylic acids is 2. The van der Waals surface area contributed by atoms with E-state index in [1.807, 2.05) is 0 Å². The summed E-state index contributed by atoms with van der Waals surface area (Å²) in [6.45, 7) is -0.0237. The zero-order valence-electron chi connectivity index (χ0n) is 11.8. The fraction of sp³-hybridized carbons (Fsp3) is 0.467. The monoisotopic (exact) mass is 373 g/mol. The number of hydrogen-bond acceptors (Lipinski definition) is 3. The van der Waals surface area contributed by atoms with Crippen LogP contribution in [-0.2, 0) is 9.53 Å². The van der Waals surface area contributed by atoms with Crippen LogP contribution in [0.4, 0.5) is 0 Å². The minimum absolute atomic E-state index is 0.0237. The predicted octanol–water partition coefficient (Wildman–Crippen LogP) is 3.66. The maximum absolute atomic E-state index is 12.7. The van der Waals surface area contributed by atoms with Crippen molar-refractivity contribution in [3.8, 4) is 0 Å². The van der Waals surface area contributed by atoms with Crippen LogP contribution in [-0.4, -0.2) is 36.5 Å². The number of methoxy groups -OCH3 is 1. The Morgan fingerprint density at radius 1 is 1.33 bits per heavy atom. The van der Waals surface area contributed by atoms with E-state index >= 15 is 0 Å². The molecule has 0 heterocycles. The molecular formula is C15H17BrClNO3. The average Bonchev–Trinajstić information content (AvgIpc) is 2.96. The number of rotatable bonds is 4. The molecule has 1 aliphatic carbocycles. The van der Waals surface area contributed by atoms with Gasteiger partial charge >= 0.3 is 5.97 Å². The van der Waals surface area contributed by atoms with Crippen LogP contribution in [0.15, 0.2) is 22.7 Å². The third-order valence-corrected chi connectivity index (χ3v) is 4.34. The number of carbonyl (C=O) groups is 2. The Morgan fingerprint density at radius 2 is 2.00 bits per heavy atom. The summed E-state index contributed by atoms with van der Waals surface area (Å²) in [5, 5.41) is 0.483. The lowest BCUT2D eigenvalue weighted by molar-refractivity contribution is -0.141. The van der Waals surface area contributed by atoms with Gasteiger partial charge in [0.15, 0.2) is 0 Å². The Kier molecular flexibility index (Phi) is 5.65. The molecule has 1 aromatic rings. The highest BCUT2D eigenvalue weighted by Gasteiger charge is 2.29. The van der Waals surface area contributed by atoms with Gasteiger partial charge in [0.2, 0.25) is 0 Å². The van der Waals surface area contributed by atoms with Gasteiger partial charge in [0.25, 0.3) is 5.91 Å². The zero-order chi connectivity index (χ0) is 15.4. The van der Waals surface area contributed by atoms with Crippen LogP contribution in [0.2, 0.25) is 5.02 Å². The third kappa shape index (κ3) is 4.20. The Morgan fingerprint density at radius 3 is 2.57 bits per heavy atom. The maximum Gasteiger partial charge on any atom is 0.325 e. The van der Waals surface area contributed by atoms with Gasteiger partial charge in [-0.1, -0.05) is 40.4 Å². The van der Waals surface area contributed by atoms with Gasteiger partial charge in [-0.15, -0.1) is 0 Å². The van der Waals surface area contributed by atoms with E-state index in [2.05, 4.69) is 15.9 Å². The van der Waals surface area contributed by atoms with Crippen molar-refractivity contribution in [2.24, 2.45) is 0 Å². The van der Waals surface area contributed by atoms with Crippen molar-refractivity contribution in [2.75, 3.05) is 13.7 Å². The quantitative estimate of drug-likeness (QED) is 0.756. The summed E-state index contributed by atoms with van der Waals surface area (Å²) < 4.78 is 5.44. The number of benzene rings is 1. The van der Waals surface area contributed by atoms with Gasteiger partial charge in [-0.25, -0.2) is 0 Å². The summed E-state index contributed by atoms with van der Waals surface area (Å²) in [5.74, 6) is -0.591. The molecule has 6 heteroatoms. The molecule has 0 unspecified atom stereocenters. The predicted molar refractivity (Wildman–Crippen MR) is 84.5 cm³/mol. The van der Waals surface area contributed by atoms with Crippen molar-refractivity contribution in [1.29, 1.82) is 0 Å². The van der Waals surface area contributed by atoms with Crippen molar-refractivity contribution in [3.05, 3.63) is 33.3 Å². The third-order valence-electron chi connectivity index (χ3n) is 3.66. The Hall–Kier alpha value is -1.07. The highest BCUT2D eigenvalue weighted by Crippen LogP contribution is 2.27. The van der Waals surface area contributed by atoms with Crippen LogP contribution in [0.1, 0.15) is 36.0 Å². The molecule has 0 bridgehead atoms. The minimum atomic E-state index is -0.406. The first-order valence-corrected chi connectivity index (χ1v) is 8.02. The van der Waals surface area contributed by atoms with Crippen molar-refractivity contribution in [3.63, 3.8) is 0 Å². The minimum Gasteiger partial charge on any atom is -0.468 e. The lowest BCUT2D eigenvalue weighted by atomic mass is 10.1. The fourth-order valence-electron chi connectivity index (χ4n) is 2.63. The summed E-state index contributed by atoms with van der Waals surface area (Å²) in [5.41, 5.74) is 0.477. The molecule has 114 valence electrons. The lowest BCUT2D eigenvalue weighted by Crippen LogP contribution is -2.42. The van der Waals surface area contributed by atoms with Crippen molar-refractivity contribution in [2.45, 2.75) is 31.7 Å². The Bertz CT molecular complexity index is 523. The largest absolute Gasteiger partial charge is 0.468 e. The molecule has 0 spiro atoms. The first-order valence-electron chi connectivity index (χ1n) is 6.85. The molecule has 1 amide bonds. The number of ether oxygens (including phenoxy) is 1. The fourth-order valence-corrected chi connectivity index (χ4v) is 3.49. The Labute approximate surface area is 137 Å². The molecule has 4 nitrogen and oxygen atoms in total. The van der Waals surface area contributed by atoms with Gasteiger partial charge in [-0.05, 0) is 31.0 Å². The zero-order valence-corrected chi connectivity index (χ0v) is 14.1. The highest BCUT2D eigenvalue weighted by atomic mass is 79.9. The van der Waals surface area contributed by atoms with E-state index in [1.165, 1.54) is 7.11 Å². The van der Waals surface area contributed by atoms with E-state index in [0.717, 1.165) is 30.2 Å². The molecule has 1 fully saturated rings. The Balaban J connectivity index is 2.25. The molecule has 1 aliphatic rings. The topological polar surface area (TPSA) is 46.6 Å². The van der Waals surface area contributed by atoms with E-state index in [1.54, 1.807) is 23.1 Å².